The highest BCUT2D eigenvalue weighted by Gasteiger charge is 2.05. The molecule has 0 aromatic carbocycles. The fourth-order valence-electron chi connectivity index (χ4n) is 0.784. The zero-order valence-electron chi connectivity index (χ0n) is 9.44. The number of hydrogen-bond donors (Lipinski definition) is 0. The Labute approximate surface area is 93.1 Å². The number of allylic oxidation sites excluding steroid dienone is 1. The van der Waals surface area contributed by atoms with Gasteiger partial charge in [-0.1, -0.05) is 12.5 Å². The van der Waals surface area contributed by atoms with Gasteiger partial charge in [-0.2, -0.15) is 10.1 Å². The van der Waals surface area contributed by atoms with Crippen molar-refractivity contribution in [1.29, 1.82) is 0 Å². The van der Waals surface area contributed by atoms with Crippen molar-refractivity contribution in [2.45, 2.75) is 20.3 Å². The smallest absolute Gasteiger partial charge is 0.318 e. The lowest BCUT2D eigenvalue weighted by atomic mass is 10.3. The Kier molecular flexibility index (Phi) is 4.50. The molecule has 0 fully saturated rings. The van der Waals surface area contributed by atoms with E-state index in [9.17, 15) is 4.39 Å². The van der Waals surface area contributed by atoms with Gasteiger partial charge in [-0.15, -0.1) is 5.11 Å². The summed E-state index contributed by atoms with van der Waals surface area (Å²) in [6.45, 7) is 3.91. The number of hydrogen-bond acceptors (Lipinski definition) is 5. The Morgan fingerprint density at radius 1 is 1.62 bits per heavy atom. The topological polar surface area (TPSA) is 59.7 Å². The third-order valence-electron chi connectivity index (χ3n) is 1.87. The minimum Gasteiger partial charge on any atom is -0.467 e. The molecule has 0 N–H and O–H groups in total. The van der Waals surface area contributed by atoms with Crippen molar-refractivity contribution in [3.05, 3.63) is 23.8 Å². The average molecular weight is 224 g/mol. The molecule has 1 aromatic heterocycles. The Bertz CT molecular complexity index is 417. The number of methoxy groups -OCH3 is 1. The molecule has 5 nitrogen and oxygen atoms in total. The summed E-state index contributed by atoms with van der Waals surface area (Å²) >= 11 is 0. The fourth-order valence-corrected chi connectivity index (χ4v) is 0.784. The van der Waals surface area contributed by atoms with E-state index in [2.05, 4.69) is 20.2 Å². The molecular weight excluding hydrogens is 211 g/mol. The van der Waals surface area contributed by atoms with E-state index >= 15 is 0 Å². The quantitative estimate of drug-likeness (QED) is 0.738. The minimum atomic E-state index is -0.632. The molecule has 0 radical (unpaired) electrons. The van der Waals surface area contributed by atoms with Crippen LogP contribution in [0.3, 0.4) is 0 Å². The molecule has 0 amide bonds. The average Bonchev–Trinajstić information content (AvgIpc) is 2.31. The molecule has 0 aliphatic heterocycles. The first-order valence-corrected chi connectivity index (χ1v) is 4.80. The minimum absolute atomic E-state index is 0.0616. The Morgan fingerprint density at radius 2 is 2.38 bits per heavy atom. The molecule has 0 saturated carbocycles. The van der Waals surface area contributed by atoms with Crippen LogP contribution in [-0.4, -0.2) is 17.1 Å². The van der Waals surface area contributed by atoms with Crippen molar-refractivity contribution in [2.24, 2.45) is 10.2 Å². The molecule has 16 heavy (non-hydrogen) atoms. The van der Waals surface area contributed by atoms with Gasteiger partial charge in [-0.25, -0.2) is 9.37 Å². The maximum atomic E-state index is 13.2. The van der Waals surface area contributed by atoms with Crippen LogP contribution >= 0.6 is 0 Å². The summed E-state index contributed by atoms with van der Waals surface area (Å²) in [6, 6.07) is 0.0616. The van der Waals surface area contributed by atoms with Crippen LogP contribution in [0.2, 0.25) is 0 Å². The predicted molar refractivity (Wildman–Crippen MR) is 57.1 cm³/mol. The summed E-state index contributed by atoms with van der Waals surface area (Å²) < 4.78 is 17.9. The van der Waals surface area contributed by atoms with Gasteiger partial charge in [0.05, 0.1) is 13.3 Å². The molecule has 1 rings (SSSR count). The number of nitrogens with zero attached hydrogens (tertiary/aromatic N) is 4. The zero-order chi connectivity index (χ0) is 12.0. The SMILES string of the molecule is CCC(C)=CN=Nc1nc(OC)ncc1F. The molecule has 0 aliphatic carbocycles. The summed E-state index contributed by atoms with van der Waals surface area (Å²) in [5.74, 6) is -0.765. The highest BCUT2D eigenvalue weighted by molar-refractivity contribution is 5.27. The molecular formula is C10H13FN4O. The number of azo groups is 1. The van der Waals surface area contributed by atoms with Gasteiger partial charge in [0.1, 0.15) is 0 Å². The molecule has 6 heteroatoms. The highest BCUT2D eigenvalue weighted by Crippen LogP contribution is 2.16. The third kappa shape index (κ3) is 3.38. The van der Waals surface area contributed by atoms with Crippen LogP contribution < -0.4 is 4.74 Å². The van der Waals surface area contributed by atoms with Crippen LogP contribution in [0, 0.1) is 5.82 Å². The monoisotopic (exact) mass is 224 g/mol. The van der Waals surface area contributed by atoms with Crippen LogP contribution in [0.4, 0.5) is 10.2 Å². The van der Waals surface area contributed by atoms with Gasteiger partial charge in [0, 0.05) is 6.20 Å². The van der Waals surface area contributed by atoms with Gasteiger partial charge in [0.25, 0.3) is 0 Å². The third-order valence-corrected chi connectivity index (χ3v) is 1.87. The van der Waals surface area contributed by atoms with E-state index < -0.39 is 5.82 Å². The van der Waals surface area contributed by atoms with E-state index in [0.29, 0.717) is 0 Å². The highest BCUT2D eigenvalue weighted by atomic mass is 19.1. The maximum Gasteiger partial charge on any atom is 0.318 e. The molecule has 0 unspecified atom stereocenters. The van der Waals surface area contributed by atoms with E-state index in [4.69, 9.17) is 4.74 Å². The second-order valence-corrected chi connectivity index (χ2v) is 3.07. The second-order valence-electron chi connectivity index (χ2n) is 3.07. The number of ether oxygens (including phenoxy) is 1. The van der Waals surface area contributed by atoms with E-state index in [1.54, 1.807) is 6.20 Å². The van der Waals surface area contributed by atoms with Gasteiger partial charge in [0.15, 0.2) is 5.82 Å². The van der Waals surface area contributed by atoms with Gasteiger partial charge < -0.3 is 4.74 Å². The van der Waals surface area contributed by atoms with Crippen LogP contribution in [0.1, 0.15) is 20.3 Å². The van der Waals surface area contributed by atoms with Crippen LogP contribution in [0.5, 0.6) is 6.01 Å². The lowest BCUT2D eigenvalue weighted by molar-refractivity contribution is 0.377. The number of aromatic nitrogens is 2. The largest absolute Gasteiger partial charge is 0.467 e. The van der Waals surface area contributed by atoms with Gasteiger partial charge >= 0.3 is 6.01 Å². The first-order valence-electron chi connectivity index (χ1n) is 4.80. The summed E-state index contributed by atoms with van der Waals surface area (Å²) in [5, 5.41) is 7.37. The van der Waals surface area contributed by atoms with Crippen molar-refractivity contribution < 1.29 is 9.13 Å². The Balaban J connectivity index is 2.87. The van der Waals surface area contributed by atoms with Crippen LogP contribution in [0.25, 0.3) is 0 Å². The van der Waals surface area contributed by atoms with Gasteiger partial charge in [0.2, 0.25) is 5.82 Å². The Hall–Kier alpha value is -1.85. The van der Waals surface area contributed by atoms with E-state index in [1.807, 2.05) is 13.8 Å². The van der Waals surface area contributed by atoms with Crippen molar-refractivity contribution >= 4 is 5.82 Å². The van der Waals surface area contributed by atoms with E-state index in [-0.39, 0.29) is 11.8 Å². The van der Waals surface area contributed by atoms with Crippen molar-refractivity contribution in [1.82, 2.24) is 9.97 Å². The van der Waals surface area contributed by atoms with E-state index in [0.717, 1.165) is 18.2 Å². The van der Waals surface area contributed by atoms with Crippen molar-refractivity contribution in [2.75, 3.05) is 7.11 Å². The first kappa shape index (κ1) is 12.2. The van der Waals surface area contributed by atoms with Crippen LogP contribution in [-0.2, 0) is 0 Å². The fraction of sp³-hybridized carbons (Fsp3) is 0.400. The summed E-state index contributed by atoms with van der Waals surface area (Å²) in [6.07, 6.45) is 3.43. The molecule has 0 aliphatic rings. The summed E-state index contributed by atoms with van der Waals surface area (Å²) in [4.78, 5) is 7.31. The maximum absolute atomic E-state index is 13.2. The van der Waals surface area contributed by atoms with Crippen LogP contribution in [0.15, 0.2) is 28.2 Å². The van der Waals surface area contributed by atoms with Gasteiger partial charge in [-0.3, -0.25) is 0 Å². The van der Waals surface area contributed by atoms with Gasteiger partial charge in [-0.05, 0) is 13.3 Å². The number of halogens is 1. The molecule has 0 atom stereocenters. The second kappa shape index (κ2) is 5.89. The predicted octanol–water partition coefficient (Wildman–Crippen LogP) is 3.02. The standard InChI is InChI=1S/C10H13FN4O/c1-4-7(2)5-13-15-9-8(11)6-12-10(14-9)16-3/h5-6H,4H2,1-3H3. The molecule has 0 spiro atoms. The normalized spacial score (nSPS) is 12.1. The zero-order valence-corrected chi connectivity index (χ0v) is 9.44. The lowest BCUT2D eigenvalue weighted by Crippen LogP contribution is -1.92. The molecule has 1 aromatic rings. The molecule has 0 saturated heterocycles. The molecule has 1 heterocycles. The van der Waals surface area contributed by atoms with E-state index in [1.165, 1.54) is 7.11 Å². The van der Waals surface area contributed by atoms with Crippen molar-refractivity contribution in [3.8, 4) is 6.01 Å². The first-order chi connectivity index (χ1) is 7.67. The van der Waals surface area contributed by atoms with Crippen molar-refractivity contribution in [3.63, 3.8) is 0 Å². The molecule has 0 bridgehead atoms. The lowest BCUT2D eigenvalue weighted by Gasteiger charge is -1.97. The summed E-state index contributed by atoms with van der Waals surface area (Å²) in [5.41, 5.74) is 1.05. The summed E-state index contributed by atoms with van der Waals surface area (Å²) in [7, 11) is 1.40. The molecule has 86 valence electrons. The Morgan fingerprint density at radius 3 is 3.00 bits per heavy atom. The number of rotatable bonds is 4.